The molecule has 16 heavy (non-hydrogen) atoms. The summed E-state index contributed by atoms with van der Waals surface area (Å²) in [6.45, 7) is 2.08. The molecule has 2 N–H and O–H groups in total. The van der Waals surface area contributed by atoms with Crippen molar-refractivity contribution >= 4 is 44.5 Å². The van der Waals surface area contributed by atoms with E-state index < -0.39 is 0 Å². The third-order valence-corrected chi connectivity index (χ3v) is 4.88. The lowest BCUT2D eigenvalue weighted by Gasteiger charge is -2.34. The smallest absolute Gasteiger partial charge is 0.0902 e. The zero-order valence-electron chi connectivity index (χ0n) is 8.99. The molecule has 1 atom stereocenters. The molecule has 0 bridgehead atoms. The van der Waals surface area contributed by atoms with Crippen LogP contribution in [-0.4, -0.2) is 22.5 Å². The van der Waals surface area contributed by atoms with E-state index in [-0.39, 0.29) is 0 Å². The maximum absolute atomic E-state index is 5.80. The zero-order valence-corrected chi connectivity index (χ0v) is 12.2. The molecule has 1 unspecified atom stereocenters. The molecule has 1 saturated heterocycles. The summed E-state index contributed by atoms with van der Waals surface area (Å²) in [4.78, 5) is 4.43. The van der Waals surface area contributed by atoms with Gasteiger partial charge in [-0.25, -0.2) is 0 Å². The maximum Gasteiger partial charge on any atom is 0.0902 e. The molecule has 5 heteroatoms. The summed E-state index contributed by atoms with van der Waals surface area (Å²) in [6, 6.07) is 2.47. The molecule has 88 valence electrons. The molecule has 1 fully saturated rings. The van der Waals surface area contributed by atoms with Gasteiger partial charge in [0.05, 0.1) is 11.0 Å². The van der Waals surface area contributed by atoms with Crippen LogP contribution in [0, 0.1) is 0 Å². The van der Waals surface area contributed by atoms with Crippen LogP contribution < -0.4 is 5.73 Å². The summed E-state index contributed by atoms with van der Waals surface area (Å²) < 4.78 is 1.16. The number of nitrogens with zero attached hydrogens (tertiary/aromatic N) is 1. The first-order valence-electron chi connectivity index (χ1n) is 5.43. The molecule has 0 spiro atoms. The fourth-order valence-electron chi connectivity index (χ4n) is 2.14. The lowest BCUT2D eigenvalue weighted by molar-refractivity contribution is 0.186. The Morgan fingerprint density at radius 1 is 1.62 bits per heavy atom. The van der Waals surface area contributed by atoms with Gasteiger partial charge in [-0.15, -0.1) is 11.3 Å². The molecule has 1 aliphatic heterocycles. The van der Waals surface area contributed by atoms with Crippen LogP contribution in [-0.2, 0) is 6.54 Å². The molecule has 2 rings (SSSR count). The van der Waals surface area contributed by atoms with Crippen LogP contribution in [0.1, 0.15) is 24.1 Å². The maximum atomic E-state index is 5.80. The topological polar surface area (TPSA) is 29.3 Å². The first kappa shape index (κ1) is 12.5. The third-order valence-electron chi connectivity index (χ3n) is 2.92. The van der Waals surface area contributed by atoms with Gasteiger partial charge in [0.2, 0.25) is 0 Å². The van der Waals surface area contributed by atoms with E-state index in [0.29, 0.717) is 11.0 Å². The minimum absolute atomic E-state index is 0.296. The van der Waals surface area contributed by atoms with Crippen LogP contribution in [0.5, 0.6) is 0 Å². The van der Waals surface area contributed by atoms with Crippen molar-refractivity contribution in [3.8, 4) is 0 Å². The number of thiocarbonyl (C=S) groups is 1. The average Bonchev–Trinajstić information content (AvgIpc) is 2.64. The van der Waals surface area contributed by atoms with Gasteiger partial charge in [0.25, 0.3) is 0 Å². The van der Waals surface area contributed by atoms with E-state index in [2.05, 4.69) is 32.3 Å². The average molecular weight is 319 g/mol. The largest absolute Gasteiger partial charge is 0.392 e. The fourth-order valence-corrected chi connectivity index (χ4v) is 3.88. The monoisotopic (exact) mass is 318 g/mol. The second-order valence-electron chi connectivity index (χ2n) is 4.12. The van der Waals surface area contributed by atoms with Gasteiger partial charge in [-0.05, 0) is 41.4 Å². The van der Waals surface area contributed by atoms with E-state index in [9.17, 15) is 0 Å². The van der Waals surface area contributed by atoms with Crippen molar-refractivity contribution in [2.75, 3.05) is 6.54 Å². The second-order valence-corrected chi connectivity index (χ2v) is 6.50. The molecule has 0 radical (unpaired) electrons. The highest BCUT2D eigenvalue weighted by atomic mass is 79.9. The molecule has 0 aromatic carbocycles. The lowest BCUT2D eigenvalue weighted by Crippen LogP contribution is -2.46. The molecule has 1 aliphatic rings. The highest BCUT2D eigenvalue weighted by Gasteiger charge is 2.24. The highest BCUT2D eigenvalue weighted by molar-refractivity contribution is 9.10. The van der Waals surface area contributed by atoms with Gasteiger partial charge in [-0.1, -0.05) is 18.6 Å². The van der Waals surface area contributed by atoms with Crippen LogP contribution in [0.4, 0.5) is 0 Å². The molecule has 1 aromatic rings. The fraction of sp³-hybridized carbons (Fsp3) is 0.545. The van der Waals surface area contributed by atoms with Crippen molar-refractivity contribution in [2.45, 2.75) is 31.8 Å². The van der Waals surface area contributed by atoms with Crippen LogP contribution in [0.3, 0.4) is 0 Å². The molecular formula is C11H15BrN2S2. The Morgan fingerprint density at radius 3 is 3.06 bits per heavy atom. The SMILES string of the molecule is NC(=S)C1CCCCN1Cc1cc(Br)cs1. The van der Waals surface area contributed by atoms with Crippen molar-refractivity contribution in [3.05, 3.63) is 20.8 Å². The number of piperidine rings is 1. The number of thiophene rings is 1. The van der Waals surface area contributed by atoms with Gasteiger partial charge in [0, 0.05) is 21.3 Å². The molecule has 0 amide bonds. The van der Waals surface area contributed by atoms with E-state index in [1.165, 1.54) is 17.7 Å². The van der Waals surface area contributed by atoms with Crippen LogP contribution >= 0.6 is 39.5 Å². The molecule has 0 aliphatic carbocycles. The van der Waals surface area contributed by atoms with Crippen molar-refractivity contribution in [2.24, 2.45) is 5.73 Å². The number of hydrogen-bond acceptors (Lipinski definition) is 3. The standard InChI is InChI=1S/C11H15BrN2S2/c12-8-5-9(16-7-8)6-14-4-2-1-3-10(14)11(13)15/h5,7,10H,1-4,6H2,(H2,13,15). The Labute approximate surface area is 114 Å². The van der Waals surface area contributed by atoms with Crippen molar-refractivity contribution in [3.63, 3.8) is 0 Å². The number of hydrogen-bond donors (Lipinski definition) is 1. The van der Waals surface area contributed by atoms with E-state index in [1.54, 1.807) is 11.3 Å². The summed E-state index contributed by atoms with van der Waals surface area (Å²) in [7, 11) is 0. The van der Waals surface area contributed by atoms with Crippen molar-refractivity contribution in [1.82, 2.24) is 4.90 Å². The normalized spacial score (nSPS) is 22.2. The first-order chi connectivity index (χ1) is 7.66. The van der Waals surface area contributed by atoms with Crippen LogP contribution in [0.15, 0.2) is 15.9 Å². The van der Waals surface area contributed by atoms with Crippen LogP contribution in [0.25, 0.3) is 0 Å². The Bertz CT molecular complexity index is 378. The van der Waals surface area contributed by atoms with Gasteiger partial charge >= 0.3 is 0 Å². The van der Waals surface area contributed by atoms with Gasteiger partial charge in [-0.2, -0.15) is 0 Å². The predicted molar refractivity (Wildman–Crippen MR) is 76.9 cm³/mol. The summed E-state index contributed by atoms with van der Waals surface area (Å²) >= 11 is 10.4. The molecule has 2 nitrogen and oxygen atoms in total. The zero-order chi connectivity index (χ0) is 11.5. The van der Waals surface area contributed by atoms with Gasteiger partial charge < -0.3 is 5.73 Å². The van der Waals surface area contributed by atoms with Crippen LogP contribution in [0.2, 0.25) is 0 Å². The summed E-state index contributed by atoms with van der Waals surface area (Å²) in [5, 5.41) is 2.12. The number of likely N-dealkylation sites (tertiary alicyclic amines) is 1. The summed E-state index contributed by atoms with van der Waals surface area (Å²) in [5.74, 6) is 0. The summed E-state index contributed by atoms with van der Waals surface area (Å²) in [5.41, 5.74) is 5.80. The minimum Gasteiger partial charge on any atom is -0.392 e. The van der Waals surface area contributed by atoms with Crippen molar-refractivity contribution in [1.29, 1.82) is 0 Å². The predicted octanol–water partition coefficient (Wildman–Crippen LogP) is 3.15. The Hall–Kier alpha value is 0.0300. The number of rotatable bonds is 3. The minimum atomic E-state index is 0.296. The molecular weight excluding hydrogens is 304 g/mol. The van der Waals surface area contributed by atoms with E-state index in [1.807, 2.05) is 0 Å². The Balaban J connectivity index is 2.03. The lowest BCUT2D eigenvalue weighted by atomic mass is 10.0. The van der Waals surface area contributed by atoms with Gasteiger partial charge in [-0.3, -0.25) is 4.90 Å². The highest BCUT2D eigenvalue weighted by Crippen LogP contribution is 2.25. The quantitative estimate of drug-likeness (QED) is 0.868. The molecule has 2 heterocycles. The molecule has 0 saturated carbocycles. The number of halogens is 1. The van der Waals surface area contributed by atoms with Crippen molar-refractivity contribution < 1.29 is 0 Å². The molecule has 1 aromatic heterocycles. The Morgan fingerprint density at radius 2 is 2.44 bits per heavy atom. The van der Waals surface area contributed by atoms with Gasteiger partial charge in [0.15, 0.2) is 0 Å². The Kier molecular flexibility index (Phi) is 4.35. The summed E-state index contributed by atoms with van der Waals surface area (Å²) in [6.07, 6.45) is 3.61. The van der Waals surface area contributed by atoms with E-state index >= 15 is 0 Å². The van der Waals surface area contributed by atoms with E-state index in [0.717, 1.165) is 24.0 Å². The second kappa shape index (κ2) is 5.58. The third kappa shape index (κ3) is 3.03. The van der Waals surface area contributed by atoms with Gasteiger partial charge in [0.1, 0.15) is 0 Å². The first-order valence-corrected chi connectivity index (χ1v) is 7.51. The van der Waals surface area contributed by atoms with E-state index in [4.69, 9.17) is 18.0 Å². The number of nitrogens with two attached hydrogens (primary N) is 1.